The third-order valence-electron chi connectivity index (χ3n) is 4.55. The summed E-state index contributed by atoms with van der Waals surface area (Å²) in [5.74, 6) is 1.28. The van der Waals surface area contributed by atoms with Crippen molar-refractivity contribution in [2.24, 2.45) is 0 Å². The van der Waals surface area contributed by atoms with Gasteiger partial charge in [0.15, 0.2) is 0 Å². The van der Waals surface area contributed by atoms with E-state index in [4.69, 9.17) is 4.98 Å². The Morgan fingerprint density at radius 3 is 2.68 bits per heavy atom. The third-order valence-corrected chi connectivity index (χ3v) is 5.56. The molecule has 1 aliphatic rings. The predicted molar refractivity (Wildman–Crippen MR) is 98.5 cm³/mol. The van der Waals surface area contributed by atoms with E-state index in [2.05, 4.69) is 26.3 Å². The second-order valence-electron chi connectivity index (χ2n) is 6.05. The Morgan fingerprint density at radius 1 is 1.12 bits per heavy atom. The van der Waals surface area contributed by atoms with Gasteiger partial charge in [-0.05, 0) is 37.1 Å². The van der Waals surface area contributed by atoms with E-state index in [0.717, 1.165) is 43.0 Å². The Morgan fingerprint density at radius 2 is 1.92 bits per heavy atom. The molecule has 0 aliphatic carbocycles. The van der Waals surface area contributed by atoms with E-state index in [1.807, 2.05) is 24.3 Å². The Balaban J connectivity index is 1.46. The summed E-state index contributed by atoms with van der Waals surface area (Å²) in [6.07, 6.45) is 7.42. The first kappa shape index (κ1) is 15.7. The average Bonchev–Trinajstić information content (AvgIpc) is 3.19. The predicted octanol–water partition coefficient (Wildman–Crippen LogP) is 3.86. The van der Waals surface area contributed by atoms with Crippen LogP contribution in [-0.2, 0) is 0 Å². The fourth-order valence-corrected chi connectivity index (χ4v) is 4.21. The summed E-state index contributed by atoms with van der Waals surface area (Å²) in [4.78, 5) is 15.5. The summed E-state index contributed by atoms with van der Waals surface area (Å²) in [6.45, 7) is 1.81. The van der Waals surface area contributed by atoms with Gasteiger partial charge >= 0.3 is 0 Å². The maximum Gasteiger partial charge on any atom is 0.146 e. The van der Waals surface area contributed by atoms with Crippen LogP contribution in [0.5, 0.6) is 0 Å². The van der Waals surface area contributed by atoms with Crippen molar-refractivity contribution in [1.82, 2.24) is 15.0 Å². The molecule has 0 unspecified atom stereocenters. The van der Waals surface area contributed by atoms with Crippen molar-refractivity contribution in [3.63, 3.8) is 0 Å². The first-order valence-electron chi connectivity index (χ1n) is 8.31. The lowest BCUT2D eigenvalue weighted by atomic mass is 9.97. The van der Waals surface area contributed by atoms with Crippen molar-refractivity contribution in [3.05, 3.63) is 58.8 Å². The van der Waals surface area contributed by atoms with Crippen molar-refractivity contribution in [2.45, 2.75) is 18.8 Å². The fourth-order valence-electron chi connectivity index (χ4n) is 3.20. The summed E-state index contributed by atoms with van der Waals surface area (Å²) < 4.78 is 0. The Labute approximate surface area is 150 Å². The summed E-state index contributed by atoms with van der Waals surface area (Å²) in [6, 6.07) is 9.86. The van der Waals surface area contributed by atoms with E-state index < -0.39 is 0 Å². The molecule has 25 heavy (non-hydrogen) atoms. The van der Waals surface area contributed by atoms with Crippen LogP contribution in [0.15, 0.2) is 48.2 Å². The van der Waals surface area contributed by atoms with E-state index in [9.17, 15) is 5.26 Å². The van der Waals surface area contributed by atoms with E-state index in [-0.39, 0.29) is 0 Å². The van der Waals surface area contributed by atoms with Crippen LogP contribution in [0.1, 0.15) is 29.3 Å². The molecule has 6 heteroatoms. The SMILES string of the molecule is N#Cc1cccnc1N1CCC(c2nc(-c3ccncc3)cs2)CC1. The number of nitriles is 1. The molecule has 0 spiro atoms. The molecule has 4 heterocycles. The highest BCUT2D eigenvalue weighted by atomic mass is 32.1. The Hall–Kier alpha value is -2.78. The fraction of sp³-hybridized carbons (Fsp3) is 0.263. The first-order chi connectivity index (χ1) is 12.3. The molecule has 3 aromatic rings. The van der Waals surface area contributed by atoms with Gasteiger partial charge in [0.2, 0.25) is 0 Å². The zero-order valence-corrected chi connectivity index (χ0v) is 14.5. The van der Waals surface area contributed by atoms with Crippen LogP contribution in [0, 0.1) is 11.3 Å². The van der Waals surface area contributed by atoms with Crippen LogP contribution < -0.4 is 4.90 Å². The van der Waals surface area contributed by atoms with Gasteiger partial charge in [-0.2, -0.15) is 5.26 Å². The average molecular weight is 347 g/mol. The number of piperidine rings is 1. The number of nitrogens with zero attached hydrogens (tertiary/aromatic N) is 5. The van der Waals surface area contributed by atoms with E-state index in [1.54, 1.807) is 29.9 Å². The number of hydrogen-bond donors (Lipinski definition) is 0. The minimum absolute atomic E-state index is 0.478. The van der Waals surface area contributed by atoms with Gasteiger partial charge < -0.3 is 4.90 Å². The molecule has 0 N–H and O–H groups in total. The molecule has 0 saturated carbocycles. The van der Waals surface area contributed by atoms with Crippen molar-refractivity contribution in [2.75, 3.05) is 18.0 Å². The lowest BCUT2D eigenvalue weighted by Gasteiger charge is -2.32. The number of anilines is 1. The van der Waals surface area contributed by atoms with Gasteiger partial charge in [0.1, 0.15) is 11.9 Å². The molecule has 4 rings (SSSR count). The maximum atomic E-state index is 9.26. The molecule has 0 aromatic carbocycles. The van der Waals surface area contributed by atoms with Crippen LogP contribution in [0.25, 0.3) is 11.3 Å². The summed E-state index contributed by atoms with van der Waals surface area (Å²) in [5, 5.41) is 12.6. The number of rotatable bonds is 3. The topological polar surface area (TPSA) is 65.7 Å². The van der Waals surface area contributed by atoms with Crippen LogP contribution in [0.4, 0.5) is 5.82 Å². The Bertz CT molecular complexity index is 891. The second-order valence-corrected chi connectivity index (χ2v) is 6.94. The number of pyridine rings is 2. The highest BCUT2D eigenvalue weighted by Gasteiger charge is 2.25. The zero-order valence-electron chi connectivity index (χ0n) is 13.7. The first-order valence-corrected chi connectivity index (χ1v) is 9.19. The molecular formula is C19H17N5S. The van der Waals surface area contributed by atoms with Crippen LogP contribution >= 0.6 is 11.3 Å². The standard InChI is InChI=1S/C19H17N5S/c20-12-16-2-1-7-22-18(16)24-10-5-15(6-11-24)19-23-17(13-25-19)14-3-8-21-9-4-14/h1-4,7-9,13,15H,5-6,10-11H2. The molecule has 1 fully saturated rings. The highest BCUT2D eigenvalue weighted by molar-refractivity contribution is 7.10. The van der Waals surface area contributed by atoms with E-state index in [0.29, 0.717) is 11.5 Å². The Kier molecular flexibility index (Phi) is 4.40. The van der Waals surface area contributed by atoms with E-state index >= 15 is 0 Å². The van der Waals surface area contributed by atoms with Crippen LogP contribution in [0.2, 0.25) is 0 Å². The minimum atomic E-state index is 0.478. The van der Waals surface area contributed by atoms with E-state index in [1.165, 1.54) is 5.01 Å². The second kappa shape index (κ2) is 6.99. The van der Waals surface area contributed by atoms with Crippen molar-refractivity contribution < 1.29 is 0 Å². The zero-order chi connectivity index (χ0) is 17.1. The number of hydrogen-bond acceptors (Lipinski definition) is 6. The largest absolute Gasteiger partial charge is 0.355 e. The number of thiazole rings is 1. The van der Waals surface area contributed by atoms with Gasteiger partial charge in [-0.3, -0.25) is 4.98 Å². The maximum absolute atomic E-state index is 9.26. The molecule has 0 bridgehead atoms. The van der Waals surface area contributed by atoms with Gasteiger partial charge in [0.05, 0.1) is 16.3 Å². The molecular weight excluding hydrogens is 330 g/mol. The molecule has 0 radical (unpaired) electrons. The quantitative estimate of drug-likeness (QED) is 0.720. The van der Waals surface area contributed by atoms with Gasteiger partial charge in [0, 0.05) is 48.5 Å². The molecule has 5 nitrogen and oxygen atoms in total. The monoisotopic (exact) mass is 347 g/mol. The van der Waals surface area contributed by atoms with Gasteiger partial charge in [-0.1, -0.05) is 0 Å². The smallest absolute Gasteiger partial charge is 0.146 e. The van der Waals surface area contributed by atoms with Gasteiger partial charge in [0.25, 0.3) is 0 Å². The highest BCUT2D eigenvalue weighted by Crippen LogP contribution is 2.34. The van der Waals surface area contributed by atoms with Crippen molar-refractivity contribution in [1.29, 1.82) is 5.26 Å². The lowest BCUT2D eigenvalue weighted by Crippen LogP contribution is -2.34. The van der Waals surface area contributed by atoms with Gasteiger partial charge in [-0.15, -0.1) is 11.3 Å². The lowest BCUT2D eigenvalue weighted by molar-refractivity contribution is 0.501. The molecule has 0 atom stereocenters. The number of aromatic nitrogens is 3. The van der Waals surface area contributed by atoms with Crippen molar-refractivity contribution >= 4 is 17.2 Å². The summed E-state index contributed by atoms with van der Waals surface area (Å²) in [5.41, 5.74) is 2.79. The minimum Gasteiger partial charge on any atom is -0.355 e. The normalized spacial score (nSPS) is 15.1. The van der Waals surface area contributed by atoms with Crippen LogP contribution in [0.3, 0.4) is 0 Å². The molecule has 124 valence electrons. The molecule has 1 saturated heterocycles. The molecule has 3 aromatic heterocycles. The molecule has 0 amide bonds. The summed E-state index contributed by atoms with van der Waals surface area (Å²) in [7, 11) is 0. The third kappa shape index (κ3) is 3.24. The van der Waals surface area contributed by atoms with Crippen LogP contribution in [-0.4, -0.2) is 28.0 Å². The molecule has 1 aliphatic heterocycles. The van der Waals surface area contributed by atoms with Crippen molar-refractivity contribution in [3.8, 4) is 17.3 Å². The summed E-state index contributed by atoms with van der Waals surface area (Å²) >= 11 is 1.74. The van der Waals surface area contributed by atoms with Gasteiger partial charge in [-0.25, -0.2) is 9.97 Å².